The molecule has 0 N–H and O–H groups in total. The van der Waals surface area contributed by atoms with Crippen molar-refractivity contribution in [1.29, 1.82) is 5.26 Å². The molecule has 0 atom stereocenters. The van der Waals surface area contributed by atoms with E-state index in [1.54, 1.807) is 0 Å². The third kappa shape index (κ3) is 5.48. The van der Waals surface area contributed by atoms with Crippen LogP contribution in [0.3, 0.4) is 0 Å². The van der Waals surface area contributed by atoms with Gasteiger partial charge in [0, 0.05) is 54.5 Å². The van der Waals surface area contributed by atoms with E-state index >= 15 is 17.6 Å². The van der Waals surface area contributed by atoms with Crippen molar-refractivity contribution >= 4 is 87.2 Å². The first-order valence-electron chi connectivity index (χ1n) is 23.0. The van der Waals surface area contributed by atoms with Gasteiger partial charge in [-0.3, -0.25) is 0 Å². The second kappa shape index (κ2) is 15.0. The third-order valence-corrected chi connectivity index (χ3v) is 14.2. The van der Waals surface area contributed by atoms with Crippen molar-refractivity contribution in [3.05, 3.63) is 229 Å². The van der Waals surface area contributed by atoms with E-state index in [1.807, 2.05) is 167 Å². The molecule has 10 heteroatoms. The van der Waals surface area contributed by atoms with Crippen molar-refractivity contribution < 1.29 is 22.0 Å². The Labute approximate surface area is 399 Å². The highest BCUT2D eigenvalue weighted by atomic mass is 19.2. The van der Waals surface area contributed by atoms with Crippen LogP contribution in [0.15, 0.2) is 194 Å². The summed E-state index contributed by atoms with van der Waals surface area (Å²) in [6.45, 7) is 0. The van der Waals surface area contributed by atoms with E-state index in [4.69, 9.17) is 0 Å². The van der Waals surface area contributed by atoms with E-state index in [1.165, 1.54) is 12.1 Å². The topological polar surface area (TPSA) is 43.5 Å². The van der Waals surface area contributed by atoms with Crippen LogP contribution >= 0.6 is 0 Å². The highest BCUT2D eigenvalue weighted by molar-refractivity contribution is 6.25. The molecule has 0 aliphatic heterocycles. The van der Waals surface area contributed by atoms with Crippen molar-refractivity contribution in [2.45, 2.75) is 0 Å². The number of rotatable bonds is 5. The molecule has 0 saturated heterocycles. The molecule has 4 heterocycles. The number of hydrogen-bond donors (Lipinski definition) is 0. The van der Waals surface area contributed by atoms with Gasteiger partial charge in [0.15, 0.2) is 23.3 Å². The number of para-hydroxylation sites is 6. The zero-order valence-corrected chi connectivity index (χ0v) is 37.1. The fourth-order valence-corrected chi connectivity index (χ4v) is 11.3. The van der Waals surface area contributed by atoms with Gasteiger partial charge in [-0.05, 0) is 66.2 Å². The molecule has 0 saturated carbocycles. The molecule has 5 nitrogen and oxygen atoms in total. The number of fused-ring (bicyclic) bond motifs is 14. The first-order chi connectivity index (χ1) is 34.8. The van der Waals surface area contributed by atoms with Crippen LogP contribution in [0.5, 0.6) is 0 Å². The molecule has 0 spiro atoms. The van der Waals surface area contributed by atoms with Crippen molar-refractivity contribution in [3.63, 3.8) is 0 Å². The maximum atomic E-state index is 16.6. The van der Waals surface area contributed by atoms with Gasteiger partial charge in [0.2, 0.25) is 5.82 Å². The van der Waals surface area contributed by atoms with Gasteiger partial charge in [0.25, 0.3) is 0 Å². The molecule has 10 aromatic carbocycles. The zero-order chi connectivity index (χ0) is 47.8. The van der Waals surface area contributed by atoms with Crippen molar-refractivity contribution in [3.8, 4) is 39.9 Å². The Kier molecular flexibility index (Phi) is 8.59. The summed E-state index contributed by atoms with van der Waals surface area (Å²) < 4.78 is 87.3. The first kappa shape index (κ1) is 40.6. The molecule has 0 aliphatic carbocycles. The molecule has 336 valence electrons. The summed E-state index contributed by atoms with van der Waals surface area (Å²) in [5.74, 6) is -10.4. The Hall–Kier alpha value is -9.46. The Balaban J connectivity index is 1.23. The largest absolute Gasteiger partial charge is 0.307 e. The Morgan fingerprint density at radius 1 is 0.310 bits per heavy atom. The van der Waals surface area contributed by atoms with E-state index < -0.39 is 34.6 Å². The van der Waals surface area contributed by atoms with Gasteiger partial charge in [-0.15, -0.1) is 0 Å². The van der Waals surface area contributed by atoms with Gasteiger partial charge < -0.3 is 18.3 Å². The fourth-order valence-electron chi connectivity index (χ4n) is 11.3. The van der Waals surface area contributed by atoms with E-state index in [0.717, 1.165) is 76.5 Å². The quantitative estimate of drug-likeness (QED) is 0.0963. The van der Waals surface area contributed by atoms with Gasteiger partial charge >= 0.3 is 0 Å². The summed E-state index contributed by atoms with van der Waals surface area (Å²) >= 11 is 0. The Morgan fingerprint density at radius 2 is 0.606 bits per heavy atom. The lowest BCUT2D eigenvalue weighted by atomic mass is 9.98. The first-order valence-corrected chi connectivity index (χ1v) is 23.0. The van der Waals surface area contributed by atoms with Crippen LogP contribution in [0.4, 0.5) is 22.0 Å². The average Bonchev–Trinajstić information content (AvgIpc) is 4.15. The van der Waals surface area contributed by atoms with Gasteiger partial charge in [-0.25, -0.2) is 22.0 Å². The minimum atomic E-state index is -2.27. The second-order valence-corrected chi connectivity index (χ2v) is 17.7. The summed E-state index contributed by atoms with van der Waals surface area (Å²) in [5.41, 5.74) is 6.69. The van der Waals surface area contributed by atoms with Crippen LogP contribution in [0.1, 0.15) is 5.56 Å². The number of nitrogens with zero attached hydrogens (tertiary/aromatic N) is 5. The molecule has 71 heavy (non-hydrogen) atoms. The number of benzene rings is 10. The summed E-state index contributed by atoms with van der Waals surface area (Å²) in [6.07, 6.45) is 0. The maximum Gasteiger partial charge on any atom is 0.200 e. The van der Waals surface area contributed by atoms with Crippen LogP contribution in [0, 0.1) is 40.4 Å². The van der Waals surface area contributed by atoms with Gasteiger partial charge in [-0.1, -0.05) is 133 Å². The normalized spacial score (nSPS) is 12.0. The molecule has 0 aliphatic rings. The monoisotopic (exact) mass is 929 g/mol. The molecule has 0 fully saturated rings. The molecule has 14 aromatic rings. The van der Waals surface area contributed by atoms with Crippen LogP contribution in [0.25, 0.3) is 121 Å². The van der Waals surface area contributed by atoms with Crippen molar-refractivity contribution in [1.82, 2.24) is 18.3 Å². The predicted molar refractivity (Wildman–Crippen MR) is 274 cm³/mol. The highest BCUT2D eigenvalue weighted by Gasteiger charge is 2.31. The zero-order valence-electron chi connectivity index (χ0n) is 37.1. The predicted octanol–water partition coefficient (Wildman–Crippen LogP) is 16.3. The Bertz CT molecular complexity index is 4370. The van der Waals surface area contributed by atoms with E-state index in [-0.39, 0.29) is 22.5 Å². The standard InChI is InChI=1S/C61H32F5N5/c62-53-52(54(63)56(65)57(66)55(53)64)34-31-50(70-48-25-13-9-21-39(48)43-29-27-41-37-19-7-11-23-46(37)68(58(41)60(43)70)35-15-3-1-4-16-35)45(33-67)51(32-34)71-49-26-14-10-22-40(49)44-30-28-42-38-20-8-12-24-47(38)69(59(42)61(44)71)36-17-5-2-6-18-36/h1-32H. The summed E-state index contributed by atoms with van der Waals surface area (Å²) in [7, 11) is 0. The number of aromatic nitrogens is 4. The summed E-state index contributed by atoms with van der Waals surface area (Å²) in [6, 6.07) is 64.7. The smallest absolute Gasteiger partial charge is 0.200 e. The van der Waals surface area contributed by atoms with Crippen LogP contribution in [-0.4, -0.2) is 18.3 Å². The SMILES string of the molecule is N#Cc1c(-n2c3ccccc3c3ccc4c5ccccc5n(-c5ccccc5)c4c32)cc(-c2c(F)c(F)c(F)c(F)c2F)cc1-n1c2ccccc2c2ccc3c4ccccc4n(-c4ccccc4)c3c21. The average molecular weight is 930 g/mol. The molecular formula is C61H32F5N5. The highest BCUT2D eigenvalue weighted by Crippen LogP contribution is 2.47. The lowest BCUT2D eigenvalue weighted by Crippen LogP contribution is -2.09. The summed E-state index contributed by atoms with van der Waals surface area (Å²) in [5, 5.41) is 18.9. The lowest BCUT2D eigenvalue weighted by molar-refractivity contribution is 0.381. The summed E-state index contributed by atoms with van der Waals surface area (Å²) in [4.78, 5) is 0. The van der Waals surface area contributed by atoms with Crippen LogP contribution in [-0.2, 0) is 0 Å². The van der Waals surface area contributed by atoms with E-state index in [2.05, 4.69) is 39.5 Å². The second-order valence-electron chi connectivity index (χ2n) is 17.7. The van der Waals surface area contributed by atoms with Gasteiger partial charge in [-0.2, -0.15) is 5.26 Å². The van der Waals surface area contributed by atoms with Crippen LogP contribution in [0.2, 0.25) is 0 Å². The van der Waals surface area contributed by atoms with E-state index in [0.29, 0.717) is 22.1 Å². The maximum absolute atomic E-state index is 16.6. The molecule has 14 rings (SSSR count). The van der Waals surface area contributed by atoms with Crippen molar-refractivity contribution in [2.75, 3.05) is 0 Å². The van der Waals surface area contributed by atoms with Gasteiger partial charge in [0.1, 0.15) is 11.6 Å². The molecular weight excluding hydrogens is 898 g/mol. The molecule has 0 radical (unpaired) electrons. The fraction of sp³-hybridized carbons (Fsp3) is 0. The third-order valence-electron chi connectivity index (χ3n) is 14.2. The number of nitriles is 1. The molecule has 0 bridgehead atoms. The number of halogens is 5. The van der Waals surface area contributed by atoms with Gasteiger partial charge in [0.05, 0.1) is 61.1 Å². The van der Waals surface area contributed by atoms with Crippen molar-refractivity contribution in [2.24, 2.45) is 0 Å². The van der Waals surface area contributed by atoms with E-state index in [9.17, 15) is 9.65 Å². The lowest BCUT2D eigenvalue weighted by Gasteiger charge is -2.20. The van der Waals surface area contributed by atoms with Crippen LogP contribution < -0.4 is 0 Å². The minimum Gasteiger partial charge on any atom is -0.307 e. The minimum absolute atomic E-state index is 0.0849. The number of hydrogen-bond acceptors (Lipinski definition) is 1. The Morgan fingerprint density at radius 3 is 0.958 bits per heavy atom. The molecule has 0 unspecified atom stereocenters. The molecule has 4 aromatic heterocycles. The molecule has 0 amide bonds.